The summed E-state index contributed by atoms with van der Waals surface area (Å²) < 4.78 is 0. The maximum atomic E-state index is 13.6. The van der Waals surface area contributed by atoms with Crippen LogP contribution in [-0.4, -0.2) is 52.2 Å². The average Bonchev–Trinajstić information content (AvgIpc) is 2.82. The third-order valence-electron chi connectivity index (χ3n) is 6.06. The summed E-state index contributed by atoms with van der Waals surface area (Å²) >= 11 is 0. The monoisotopic (exact) mass is 444 g/mol. The molecule has 0 unspecified atom stereocenters. The van der Waals surface area contributed by atoms with Crippen molar-refractivity contribution < 1.29 is 9.59 Å². The van der Waals surface area contributed by atoms with Crippen LogP contribution < -0.4 is 16.8 Å². The third kappa shape index (κ3) is 4.85. The summed E-state index contributed by atoms with van der Waals surface area (Å²) in [4.78, 5) is 36.5. The minimum absolute atomic E-state index is 0.000716. The molecule has 8 nitrogen and oxygen atoms in total. The van der Waals surface area contributed by atoms with Gasteiger partial charge in [0.05, 0.1) is 18.0 Å². The molecule has 170 valence electrons. The second kappa shape index (κ2) is 9.79. The summed E-state index contributed by atoms with van der Waals surface area (Å²) in [5.74, 6) is -0.225. The van der Waals surface area contributed by atoms with Crippen LogP contribution in [0.15, 0.2) is 54.9 Å². The van der Waals surface area contributed by atoms with Crippen molar-refractivity contribution >= 4 is 40.2 Å². The van der Waals surface area contributed by atoms with Crippen molar-refractivity contribution in [3.8, 4) is 0 Å². The van der Waals surface area contributed by atoms with Crippen molar-refractivity contribution in [1.82, 2.24) is 20.2 Å². The number of hydrogen-bond donors (Lipinski definition) is 3. The molecule has 1 saturated heterocycles. The van der Waals surface area contributed by atoms with Crippen molar-refractivity contribution in [2.24, 2.45) is 0 Å². The number of nitrogens with zero attached hydrogens (tertiary/aromatic N) is 3. The number of nitrogens with two attached hydrogens (primary N) is 2. The number of carbonyl (C=O) groups is 2. The number of anilines is 2. The topological polar surface area (TPSA) is 127 Å². The van der Waals surface area contributed by atoms with Gasteiger partial charge in [0, 0.05) is 30.2 Å². The van der Waals surface area contributed by atoms with Gasteiger partial charge in [0.1, 0.15) is 12.1 Å². The fourth-order valence-electron chi connectivity index (χ4n) is 4.36. The second-order valence-corrected chi connectivity index (χ2v) is 8.16. The van der Waals surface area contributed by atoms with Gasteiger partial charge in [-0.15, -0.1) is 0 Å². The Hall–Kier alpha value is -3.78. The summed E-state index contributed by atoms with van der Waals surface area (Å²) in [5.41, 5.74) is 14.8. The molecule has 3 aromatic rings. The Morgan fingerprint density at radius 3 is 2.70 bits per heavy atom. The summed E-state index contributed by atoms with van der Waals surface area (Å²) in [5, 5.41) is 3.83. The van der Waals surface area contributed by atoms with Gasteiger partial charge in [-0.25, -0.2) is 9.97 Å². The van der Waals surface area contributed by atoms with Crippen LogP contribution in [0.5, 0.6) is 0 Å². The number of carbonyl (C=O) groups excluding carboxylic acids is 2. The maximum Gasteiger partial charge on any atom is 0.236 e. The molecule has 0 spiro atoms. The van der Waals surface area contributed by atoms with Crippen LogP contribution in [0.1, 0.15) is 30.4 Å². The highest BCUT2D eigenvalue weighted by Gasteiger charge is 2.35. The smallest absolute Gasteiger partial charge is 0.236 e. The van der Waals surface area contributed by atoms with Crippen LogP contribution in [0.2, 0.25) is 0 Å². The number of hydrogen-bond acceptors (Lipinski definition) is 7. The highest BCUT2D eigenvalue weighted by molar-refractivity contribution is 6.00. The number of nitrogen functional groups attached to an aromatic ring is 2. The van der Waals surface area contributed by atoms with Gasteiger partial charge in [0.2, 0.25) is 5.91 Å². The molecule has 0 radical (unpaired) electrons. The Balaban J connectivity index is 1.74. The van der Waals surface area contributed by atoms with Gasteiger partial charge in [-0.05, 0) is 47.9 Å². The van der Waals surface area contributed by atoms with E-state index in [0.717, 1.165) is 16.5 Å². The Morgan fingerprint density at radius 1 is 1.18 bits per heavy atom. The minimum atomic E-state index is -0.539. The quantitative estimate of drug-likeness (QED) is 0.377. The SMILES string of the molecule is CC[C@@H]([C@@H](C(=O)/C=C/c1ccc(N)cc1)c1ccc2c(N)ncnc2c1)N1CCNCC1=O. The number of allylic oxidation sites excluding steroid dienone is 1. The van der Waals surface area contributed by atoms with Crippen LogP contribution in [0, 0.1) is 0 Å². The molecule has 33 heavy (non-hydrogen) atoms. The van der Waals surface area contributed by atoms with Crippen LogP contribution >= 0.6 is 0 Å². The molecule has 0 saturated carbocycles. The Labute approximate surface area is 192 Å². The lowest BCUT2D eigenvalue weighted by molar-refractivity contribution is -0.135. The number of aromatic nitrogens is 2. The van der Waals surface area contributed by atoms with E-state index in [2.05, 4.69) is 15.3 Å². The van der Waals surface area contributed by atoms with Crippen molar-refractivity contribution in [2.45, 2.75) is 25.3 Å². The first-order valence-electron chi connectivity index (χ1n) is 11.1. The van der Waals surface area contributed by atoms with Gasteiger partial charge in [-0.2, -0.15) is 0 Å². The lowest BCUT2D eigenvalue weighted by atomic mass is 9.84. The number of piperazine rings is 1. The first-order valence-corrected chi connectivity index (χ1v) is 11.1. The van der Waals surface area contributed by atoms with E-state index in [1.54, 1.807) is 24.3 Å². The number of amides is 1. The molecule has 4 rings (SSSR count). The Morgan fingerprint density at radius 2 is 1.97 bits per heavy atom. The number of rotatable bonds is 7. The average molecular weight is 445 g/mol. The predicted octanol–water partition coefficient (Wildman–Crippen LogP) is 2.37. The van der Waals surface area contributed by atoms with Crippen LogP contribution in [0.25, 0.3) is 17.0 Å². The van der Waals surface area contributed by atoms with Gasteiger partial charge in [0.25, 0.3) is 0 Å². The number of nitrogens with one attached hydrogen (secondary N) is 1. The number of ketones is 1. The molecule has 1 aliphatic heterocycles. The fourth-order valence-corrected chi connectivity index (χ4v) is 4.36. The summed E-state index contributed by atoms with van der Waals surface area (Å²) in [7, 11) is 0. The van der Waals surface area contributed by atoms with E-state index in [9.17, 15) is 9.59 Å². The summed E-state index contributed by atoms with van der Waals surface area (Å²) in [6.07, 6.45) is 5.42. The second-order valence-electron chi connectivity index (χ2n) is 8.16. The minimum Gasteiger partial charge on any atom is -0.399 e. The van der Waals surface area contributed by atoms with E-state index < -0.39 is 5.92 Å². The maximum absolute atomic E-state index is 13.6. The molecular formula is C25H28N6O2. The summed E-state index contributed by atoms with van der Waals surface area (Å²) in [6.45, 7) is 3.54. The molecule has 1 aliphatic rings. The van der Waals surface area contributed by atoms with E-state index in [0.29, 0.717) is 36.5 Å². The zero-order valence-electron chi connectivity index (χ0n) is 18.6. The van der Waals surface area contributed by atoms with Crippen molar-refractivity contribution in [2.75, 3.05) is 31.1 Å². The van der Waals surface area contributed by atoms with Gasteiger partial charge >= 0.3 is 0 Å². The fraction of sp³-hybridized carbons (Fsp3) is 0.280. The molecule has 1 amide bonds. The predicted molar refractivity (Wildman–Crippen MR) is 130 cm³/mol. The third-order valence-corrected chi connectivity index (χ3v) is 6.06. The van der Waals surface area contributed by atoms with Crippen molar-refractivity contribution in [3.05, 3.63) is 66.0 Å². The molecular weight excluding hydrogens is 416 g/mol. The molecule has 1 aromatic heterocycles. The van der Waals surface area contributed by atoms with Gasteiger partial charge < -0.3 is 21.7 Å². The molecule has 5 N–H and O–H groups in total. The molecule has 8 heteroatoms. The zero-order valence-corrected chi connectivity index (χ0v) is 18.6. The Kier molecular flexibility index (Phi) is 6.65. The number of benzene rings is 2. The molecule has 0 bridgehead atoms. The highest BCUT2D eigenvalue weighted by atomic mass is 16.2. The van der Waals surface area contributed by atoms with Gasteiger partial charge in [-0.3, -0.25) is 9.59 Å². The number of fused-ring (bicyclic) bond motifs is 1. The van der Waals surface area contributed by atoms with Crippen LogP contribution in [-0.2, 0) is 9.59 Å². The molecule has 0 aliphatic carbocycles. The zero-order chi connectivity index (χ0) is 23.4. The van der Waals surface area contributed by atoms with Gasteiger partial charge in [0.15, 0.2) is 5.78 Å². The van der Waals surface area contributed by atoms with E-state index >= 15 is 0 Å². The molecule has 2 heterocycles. The lowest BCUT2D eigenvalue weighted by Gasteiger charge is -2.38. The van der Waals surface area contributed by atoms with Crippen molar-refractivity contribution in [1.29, 1.82) is 0 Å². The largest absolute Gasteiger partial charge is 0.399 e. The van der Waals surface area contributed by atoms with E-state index in [4.69, 9.17) is 11.5 Å². The van der Waals surface area contributed by atoms with E-state index in [1.807, 2.05) is 42.2 Å². The Bertz CT molecular complexity index is 1190. The molecule has 1 fully saturated rings. The highest BCUT2D eigenvalue weighted by Crippen LogP contribution is 2.31. The van der Waals surface area contributed by atoms with Crippen LogP contribution in [0.4, 0.5) is 11.5 Å². The summed E-state index contributed by atoms with van der Waals surface area (Å²) in [6, 6.07) is 12.6. The molecule has 2 aromatic carbocycles. The molecule has 2 atom stereocenters. The van der Waals surface area contributed by atoms with Crippen LogP contribution in [0.3, 0.4) is 0 Å². The van der Waals surface area contributed by atoms with Gasteiger partial charge in [-0.1, -0.05) is 31.2 Å². The van der Waals surface area contributed by atoms with E-state index in [-0.39, 0.29) is 24.3 Å². The van der Waals surface area contributed by atoms with E-state index in [1.165, 1.54) is 6.33 Å². The normalized spacial score (nSPS) is 16.3. The standard InChI is InChI=1S/C25H28N6O2/c1-2-21(31-12-11-28-14-23(31)33)24(22(32)10-5-16-3-7-18(26)8-4-16)17-6-9-19-20(13-17)29-15-30-25(19)27/h3-10,13,15,21,24,28H,2,11-12,14,26H2,1H3,(H2,27,29,30)/b10-5+/t21-,24-/m0/s1. The lowest BCUT2D eigenvalue weighted by Crippen LogP contribution is -2.54. The first kappa shape index (κ1) is 22.4. The van der Waals surface area contributed by atoms with Crippen molar-refractivity contribution in [3.63, 3.8) is 0 Å². The first-order chi connectivity index (χ1) is 16.0.